The zero-order valence-electron chi connectivity index (χ0n) is 17.1. The van der Waals surface area contributed by atoms with Crippen LogP contribution in [0.15, 0.2) is 52.9 Å². The molecule has 4 nitrogen and oxygen atoms in total. The largest absolute Gasteiger partial charge is 0.491 e. The van der Waals surface area contributed by atoms with Crippen LogP contribution in [0.5, 0.6) is 5.75 Å². The summed E-state index contributed by atoms with van der Waals surface area (Å²) in [5.74, 6) is 1.52. The minimum absolute atomic E-state index is 0.0762. The van der Waals surface area contributed by atoms with Gasteiger partial charge >= 0.3 is 0 Å². The van der Waals surface area contributed by atoms with E-state index in [0.717, 1.165) is 11.5 Å². The van der Waals surface area contributed by atoms with Gasteiger partial charge in [-0.05, 0) is 75.6 Å². The Kier molecular flexibility index (Phi) is 5.88. The molecule has 0 saturated heterocycles. The number of aryl methyl sites for hydroxylation is 3. The fourth-order valence-electron chi connectivity index (χ4n) is 3.37. The van der Waals surface area contributed by atoms with Gasteiger partial charge in [0.15, 0.2) is 5.76 Å². The Hall–Kier alpha value is -3.01. The number of anilines is 1. The number of carbonyl (C=O) groups is 1. The minimum atomic E-state index is -0.273. The first-order chi connectivity index (χ1) is 13.3. The van der Waals surface area contributed by atoms with E-state index < -0.39 is 0 Å². The van der Waals surface area contributed by atoms with E-state index in [1.165, 1.54) is 22.3 Å². The summed E-state index contributed by atoms with van der Waals surface area (Å²) < 4.78 is 11.5. The lowest BCUT2D eigenvalue weighted by Gasteiger charge is -2.11. The van der Waals surface area contributed by atoms with E-state index in [9.17, 15) is 4.79 Å². The molecule has 1 aromatic heterocycles. The van der Waals surface area contributed by atoms with Crippen LogP contribution in [0.4, 0.5) is 5.69 Å². The molecule has 0 aliphatic rings. The highest BCUT2D eigenvalue weighted by molar-refractivity contribution is 6.02. The van der Waals surface area contributed by atoms with Crippen molar-refractivity contribution in [3.63, 3.8) is 0 Å². The highest BCUT2D eigenvalue weighted by Gasteiger charge is 2.14. The Morgan fingerprint density at radius 2 is 1.75 bits per heavy atom. The molecular weight excluding hydrogens is 350 g/mol. The van der Waals surface area contributed by atoms with Gasteiger partial charge in [-0.15, -0.1) is 0 Å². The molecule has 3 rings (SSSR count). The smallest absolute Gasteiger partial charge is 0.291 e. The van der Waals surface area contributed by atoms with Crippen LogP contribution in [0.25, 0.3) is 0 Å². The third-order valence-electron chi connectivity index (χ3n) is 4.54. The molecule has 2 aromatic carbocycles. The molecule has 0 fully saturated rings. The molecule has 28 heavy (non-hydrogen) atoms. The predicted octanol–water partition coefficient (Wildman–Crippen LogP) is 5.84. The Bertz CT molecular complexity index is 962. The number of furan rings is 1. The van der Waals surface area contributed by atoms with Crippen LogP contribution in [0.3, 0.4) is 0 Å². The lowest BCUT2D eigenvalue weighted by Crippen LogP contribution is -2.11. The van der Waals surface area contributed by atoms with E-state index in [2.05, 4.69) is 38.2 Å². The molecule has 0 unspecified atom stereocenters. The molecule has 0 atom stereocenters. The number of hydrogen-bond acceptors (Lipinski definition) is 3. The Balaban J connectivity index is 1.71. The summed E-state index contributed by atoms with van der Waals surface area (Å²) in [6.07, 6.45) is 0.746. The van der Waals surface area contributed by atoms with Gasteiger partial charge in [-0.3, -0.25) is 4.79 Å². The van der Waals surface area contributed by atoms with Gasteiger partial charge in [0.25, 0.3) is 5.91 Å². The standard InChI is InChI=1S/C24H27NO3/c1-15(2)27-20-8-6-7-19(13-20)25-24(26)23-10-9-21(28-23)14-22-17(4)11-16(3)12-18(22)5/h6-13,15H,14H2,1-5H3,(H,25,26). The van der Waals surface area contributed by atoms with Crippen molar-refractivity contribution in [2.75, 3.05) is 5.32 Å². The Morgan fingerprint density at radius 1 is 1.04 bits per heavy atom. The van der Waals surface area contributed by atoms with Crippen LogP contribution >= 0.6 is 0 Å². The third kappa shape index (κ3) is 4.83. The number of carbonyl (C=O) groups excluding carboxylic acids is 1. The quantitative estimate of drug-likeness (QED) is 0.587. The molecule has 146 valence electrons. The molecule has 3 aromatic rings. The second kappa shape index (κ2) is 8.34. The van der Waals surface area contributed by atoms with Crippen molar-refractivity contribution in [2.24, 2.45) is 0 Å². The Labute approximate surface area is 166 Å². The zero-order valence-corrected chi connectivity index (χ0v) is 17.1. The number of nitrogens with one attached hydrogen (secondary N) is 1. The van der Waals surface area contributed by atoms with E-state index in [1.807, 2.05) is 38.1 Å². The second-order valence-electron chi connectivity index (χ2n) is 7.47. The fourth-order valence-corrected chi connectivity index (χ4v) is 3.37. The number of benzene rings is 2. The van der Waals surface area contributed by atoms with Crippen LogP contribution in [0.1, 0.15) is 52.4 Å². The summed E-state index contributed by atoms with van der Waals surface area (Å²) in [7, 11) is 0. The van der Waals surface area contributed by atoms with Gasteiger partial charge in [0.2, 0.25) is 0 Å². The maximum atomic E-state index is 12.5. The third-order valence-corrected chi connectivity index (χ3v) is 4.54. The molecule has 1 N–H and O–H groups in total. The SMILES string of the molecule is Cc1cc(C)c(Cc2ccc(C(=O)Nc3cccc(OC(C)C)c3)o2)c(C)c1. The number of hydrogen-bond donors (Lipinski definition) is 1. The van der Waals surface area contributed by atoms with E-state index in [-0.39, 0.29) is 12.0 Å². The molecular formula is C24H27NO3. The summed E-state index contributed by atoms with van der Waals surface area (Å²) in [5, 5.41) is 2.87. The molecule has 4 heteroatoms. The molecule has 0 radical (unpaired) electrons. The van der Waals surface area contributed by atoms with Crippen LogP contribution in [0.2, 0.25) is 0 Å². The minimum Gasteiger partial charge on any atom is -0.491 e. The number of ether oxygens (including phenoxy) is 1. The fraction of sp³-hybridized carbons (Fsp3) is 0.292. The summed E-state index contributed by atoms with van der Waals surface area (Å²) in [6, 6.07) is 15.3. The average Bonchev–Trinajstić information content (AvgIpc) is 3.06. The van der Waals surface area contributed by atoms with E-state index >= 15 is 0 Å². The predicted molar refractivity (Wildman–Crippen MR) is 112 cm³/mol. The van der Waals surface area contributed by atoms with Gasteiger partial charge in [0.1, 0.15) is 11.5 Å². The first-order valence-corrected chi connectivity index (χ1v) is 9.55. The van der Waals surface area contributed by atoms with Crippen LogP contribution < -0.4 is 10.1 Å². The molecule has 0 bridgehead atoms. The van der Waals surface area contributed by atoms with Crippen LogP contribution in [-0.4, -0.2) is 12.0 Å². The number of amides is 1. The number of rotatable bonds is 6. The van der Waals surface area contributed by atoms with Gasteiger partial charge in [-0.1, -0.05) is 23.8 Å². The maximum absolute atomic E-state index is 12.5. The zero-order chi connectivity index (χ0) is 20.3. The second-order valence-corrected chi connectivity index (χ2v) is 7.47. The highest BCUT2D eigenvalue weighted by Crippen LogP contribution is 2.23. The van der Waals surface area contributed by atoms with Crippen molar-refractivity contribution >= 4 is 11.6 Å². The van der Waals surface area contributed by atoms with Crippen molar-refractivity contribution in [1.29, 1.82) is 0 Å². The van der Waals surface area contributed by atoms with Crippen molar-refractivity contribution in [3.8, 4) is 5.75 Å². The molecule has 0 saturated carbocycles. The van der Waals surface area contributed by atoms with Gasteiger partial charge in [0.05, 0.1) is 6.10 Å². The molecule has 0 spiro atoms. The lowest BCUT2D eigenvalue weighted by molar-refractivity contribution is 0.0995. The molecule has 0 aliphatic carbocycles. The lowest BCUT2D eigenvalue weighted by atomic mass is 9.97. The monoisotopic (exact) mass is 377 g/mol. The van der Waals surface area contributed by atoms with Gasteiger partial charge in [0, 0.05) is 18.2 Å². The van der Waals surface area contributed by atoms with Gasteiger partial charge < -0.3 is 14.5 Å². The van der Waals surface area contributed by atoms with Gasteiger partial charge in [-0.2, -0.15) is 0 Å². The molecule has 1 heterocycles. The molecule has 0 aliphatic heterocycles. The summed E-state index contributed by atoms with van der Waals surface area (Å²) in [4.78, 5) is 12.5. The van der Waals surface area contributed by atoms with Crippen molar-refractivity contribution in [3.05, 3.63) is 82.3 Å². The topological polar surface area (TPSA) is 51.5 Å². The Morgan fingerprint density at radius 3 is 2.43 bits per heavy atom. The highest BCUT2D eigenvalue weighted by atomic mass is 16.5. The van der Waals surface area contributed by atoms with Gasteiger partial charge in [-0.25, -0.2) is 0 Å². The summed E-state index contributed by atoms with van der Waals surface area (Å²) >= 11 is 0. The van der Waals surface area contributed by atoms with E-state index in [1.54, 1.807) is 12.1 Å². The van der Waals surface area contributed by atoms with Crippen LogP contribution in [0, 0.1) is 20.8 Å². The van der Waals surface area contributed by atoms with Crippen molar-refractivity contribution < 1.29 is 13.9 Å². The average molecular weight is 377 g/mol. The van der Waals surface area contributed by atoms with E-state index in [4.69, 9.17) is 9.15 Å². The van der Waals surface area contributed by atoms with Crippen LogP contribution in [-0.2, 0) is 6.42 Å². The van der Waals surface area contributed by atoms with Crippen molar-refractivity contribution in [2.45, 2.75) is 47.1 Å². The first kappa shape index (κ1) is 19.7. The summed E-state index contributed by atoms with van der Waals surface area (Å²) in [5.41, 5.74) is 5.64. The normalized spacial score (nSPS) is 10.9. The maximum Gasteiger partial charge on any atom is 0.291 e. The first-order valence-electron chi connectivity index (χ1n) is 9.55. The summed E-state index contributed by atoms with van der Waals surface area (Å²) in [6.45, 7) is 10.2. The van der Waals surface area contributed by atoms with E-state index in [0.29, 0.717) is 17.9 Å². The molecule has 1 amide bonds. The van der Waals surface area contributed by atoms with Crippen molar-refractivity contribution in [1.82, 2.24) is 0 Å².